The molecule has 1 aliphatic heterocycles. The average molecular weight is 514 g/mol. The lowest BCUT2D eigenvalue weighted by Gasteiger charge is -2.26. The second-order valence-corrected chi connectivity index (χ2v) is 10.0. The monoisotopic (exact) mass is 513 g/mol. The number of aromatic nitrogens is 1. The number of pyridine rings is 1. The zero-order valence-corrected chi connectivity index (χ0v) is 20.7. The van der Waals surface area contributed by atoms with Crippen molar-refractivity contribution in [1.29, 1.82) is 0 Å². The van der Waals surface area contributed by atoms with Crippen molar-refractivity contribution < 1.29 is 27.4 Å². The zero-order valence-electron chi connectivity index (χ0n) is 19.9. The van der Waals surface area contributed by atoms with Gasteiger partial charge in [-0.3, -0.25) is 9.59 Å². The molecule has 1 aromatic heterocycles. The molecule has 0 radical (unpaired) electrons. The highest BCUT2D eigenvalue weighted by Gasteiger charge is 2.21. The molecule has 0 spiro atoms. The van der Waals surface area contributed by atoms with Gasteiger partial charge in [0, 0.05) is 41.2 Å². The fourth-order valence-corrected chi connectivity index (χ4v) is 4.27. The van der Waals surface area contributed by atoms with Gasteiger partial charge in [-0.2, -0.15) is 0 Å². The Labute approximate surface area is 208 Å². The van der Waals surface area contributed by atoms with Crippen LogP contribution in [-0.4, -0.2) is 45.6 Å². The molecule has 0 aliphatic carbocycles. The molecule has 1 aliphatic rings. The fourth-order valence-electron chi connectivity index (χ4n) is 3.81. The van der Waals surface area contributed by atoms with Gasteiger partial charge in [-0.25, -0.2) is 13.1 Å². The van der Waals surface area contributed by atoms with E-state index in [1.54, 1.807) is 43.6 Å². The molecule has 10 nitrogen and oxygen atoms in total. The molecule has 11 heteroatoms. The number of nitrogens with zero attached hydrogens (tertiary/aromatic N) is 1. The maximum Gasteiger partial charge on any atom is 0.264 e. The van der Waals surface area contributed by atoms with E-state index in [1.807, 2.05) is 21.8 Å². The molecule has 1 amide bonds. The Hall–Kier alpha value is -3.83. The number of methoxy groups -OCH3 is 1. The number of ether oxygens (including phenoxy) is 3. The maximum atomic E-state index is 12.4. The first kappa shape index (κ1) is 25.3. The molecule has 1 atom stereocenters. The van der Waals surface area contributed by atoms with E-state index < -0.39 is 15.9 Å². The molecular weight excluding hydrogens is 486 g/mol. The molecule has 2 heterocycles. The molecule has 2 aromatic carbocycles. The van der Waals surface area contributed by atoms with Crippen LogP contribution >= 0.6 is 0 Å². The van der Waals surface area contributed by atoms with Gasteiger partial charge in [0.1, 0.15) is 0 Å². The Morgan fingerprint density at radius 1 is 1.14 bits per heavy atom. The van der Waals surface area contributed by atoms with E-state index in [0.717, 1.165) is 19.1 Å². The summed E-state index contributed by atoms with van der Waals surface area (Å²) in [6, 6.07) is 15.3. The van der Waals surface area contributed by atoms with E-state index in [2.05, 4.69) is 4.98 Å². The summed E-state index contributed by atoms with van der Waals surface area (Å²) in [4.78, 5) is 29.2. The first-order valence-electron chi connectivity index (χ1n) is 11.3. The third-order valence-corrected chi connectivity index (χ3v) is 6.11. The Kier molecular flexibility index (Phi) is 7.61. The van der Waals surface area contributed by atoms with Crippen molar-refractivity contribution in [2.24, 2.45) is 0 Å². The molecule has 0 bridgehead atoms. The number of nitrogens with one attached hydrogen (secondary N) is 2. The summed E-state index contributed by atoms with van der Waals surface area (Å²) in [6.45, 7) is 0.853. The SMILES string of the molecule is COc1ccc(N(Cc2ccc[nH]c2=O)c2ccc(C(=O)NS(C)(=O)=O)cc2)cc1O[C@@H]1CCCO1. The number of benzene rings is 2. The molecule has 36 heavy (non-hydrogen) atoms. The Morgan fingerprint density at radius 3 is 2.53 bits per heavy atom. The molecule has 1 fully saturated rings. The molecule has 2 N–H and O–H groups in total. The highest BCUT2D eigenvalue weighted by molar-refractivity contribution is 7.89. The van der Waals surface area contributed by atoms with E-state index in [9.17, 15) is 18.0 Å². The van der Waals surface area contributed by atoms with Gasteiger partial charge < -0.3 is 24.1 Å². The summed E-state index contributed by atoms with van der Waals surface area (Å²) in [6.07, 6.45) is 3.79. The number of carbonyl (C=O) groups is 1. The number of hydrogen-bond acceptors (Lipinski definition) is 8. The first-order valence-corrected chi connectivity index (χ1v) is 13.2. The highest BCUT2D eigenvalue weighted by Crippen LogP contribution is 2.37. The van der Waals surface area contributed by atoms with Crippen molar-refractivity contribution in [2.45, 2.75) is 25.7 Å². The number of H-pyrrole nitrogens is 1. The number of rotatable bonds is 9. The zero-order chi connectivity index (χ0) is 25.7. The van der Waals surface area contributed by atoms with Crippen LogP contribution in [0.5, 0.6) is 11.5 Å². The van der Waals surface area contributed by atoms with Gasteiger partial charge in [-0.05, 0) is 48.9 Å². The summed E-state index contributed by atoms with van der Waals surface area (Å²) in [5.74, 6) is 0.310. The van der Waals surface area contributed by atoms with Crippen molar-refractivity contribution in [3.05, 3.63) is 82.3 Å². The third kappa shape index (κ3) is 6.23. The average Bonchev–Trinajstić information content (AvgIpc) is 3.36. The molecule has 4 rings (SSSR count). The Morgan fingerprint density at radius 2 is 1.89 bits per heavy atom. The number of aromatic amines is 1. The Bertz CT molecular complexity index is 1380. The first-order chi connectivity index (χ1) is 17.2. The van der Waals surface area contributed by atoms with Crippen molar-refractivity contribution in [1.82, 2.24) is 9.71 Å². The molecule has 0 saturated carbocycles. The van der Waals surface area contributed by atoms with Crippen LogP contribution < -0.4 is 24.7 Å². The Balaban J connectivity index is 1.71. The highest BCUT2D eigenvalue weighted by atomic mass is 32.2. The fraction of sp³-hybridized carbons (Fsp3) is 0.280. The van der Waals surface area contributed by atoms with Gasteiger partial charge in [-0.1, -0.05) is 6.07 Å². The maximum absolute atomic E-state index is 12.4. The van der Waals surface area contributed by atoms with Crippen LogP contribution in [0, 0.1) is 0 Å². The van der Waals surface area contributed by atoms with Crippen LogP contribution in [0.3, 0.4) is 0 Å². The van der Waals surface area contributed by atoms with Crippen LogP contribution in [0.4, 0.5) is 11.4 Å². The second-order valence-electron chi connectivity index (χ2n) is 8.26. The summed E-state index contributed by atoms with van der Waals surface area (Å²) < 4.78 is 41.9. The minimum atomic E-state index is -3.69. The number of carbonyl (C=O) groups excluding carboxylic acids is 1. The van der Waals surface area contributed by atoms with Crippen LogP contribution in [0.2, 0.25) is 0 Å². The minimum Gasteiger partial charge on any atom is -0.493 e. The summed E-state index contributed by atoms with van der Waals surface area (Å²) in [7, 11) is -2.14. The molecular formula is C25H27N3O7S. The van der Waals surface area contributed by atoms with E-state index in [-0.39, 0.29) is 24.0 Å². The van der Waals surface area contributed by atoms with Crippen LogP contribution in [0.25, 0.3) is 0 Å². The lowest BCUT2D eigenvalue weighted by atomic mass is 10.1. The van der Waals surface area contributed by atoms with Crippen LogP contribution in [-0.2, 0) is 21.3 Å². The topological polar surface area (TPSA) is 127 Å². The minimum absolute atomic E-state index is 0.179. The van der Waals surface area contributed by atoms with Crippen molar-refractivity contribution in [2.75, 3.05) is 24.9 Å². The lowest BCUT2D eigenvalue weighted by molar-refractivity contribution is -0.0402. The van der Waals surface area contributed by atoms with E-state index >= 15 is 0 Å². The lowest BCUT2D eigenvalue weighted by Crippen LogP contribution is -2.29. The smallest absolute Gasteiger partial charge is 0.264 e. The normalized spacial score (nSPS) is 15.3. The summed E-state index contributed by atoms with van der Waals surface area (Å²) in [5, 5.41) is 0. The van der Waals surface area contributed by atoms with E-state index in [0.29, 0.717) is 35.0 Å². The summed E-state index contributed by atoms with van der Waals surface area (Å²) in [5.41, 5.74) is 1.85. The van der Waals surface area contributed by atoms with Crippen LogP contribution in [0.1, 0.15) is 28.8 Å². The van der Waals surface area contributed by atoms with Crippen LogP contribution in [0.15, 0.2) is 65.6 Å². The van der Waals surface area contributed by atoms with Gasteiger partial charge in [0.2, 0.25) is 10.0 Å². The molecule has 190 valence electrons. The number of sulfonamides is 1. The second kappa shape index (κ2) is 10.8. The quantitative estimate of drug-likeness (QED) is 0.447. The number of anilines is 2. The van der Waals surface area contributed by atoms with Gasteiger partial charge >= 0.3 is 0 Å². The number of amides is 1. The molecule has 0 unspecified atom stereocenters. The van der Waals surface area contributed by atoms with E-state index in [4.69, 9.17) is 14.2 Å². The van der Waals surface area contributed by atoms with Gasteiger partial charge in [0.15, 0.2) is 17.8 Å². The molecule has 3 aromatic rings. The van der Waals surface area contributed by atoms with Crippen molar-refractivity contribution >= 4 is 27.3 Å². The standard InChI is InChI=1S/C25H27N3O7S/c1-33-21-12-11-20(15-22(21)35-23-6-4-14-34-23)28(16-18-5-3-13-26-24(18)29)19-9-7-17(8-10-19)25(30)27-36(2,31)32/h3,5,7-13,15,23H,4,6,14,16H2,1-2H3,(H,26,29)(H,27,30)/t23-/m1/s1. The predicted molar refractivity (Wildman–Crippen MR) is 134 cm³/mol. The van der Waals surface area contributed by atoms with Gasteiger partial charge in [-0.15, -0.1) is 0 Å². The summed E-state index contributed by atoms with van der Waals surface area (Å²) >= 11 is 0. The van der Waals surface area contributed by atoms with Gasteiger partial charge in [0.25, 0.3) is 11.5 Å². The largest absolute Gasteiger partial charge is 0.493 e. The van der Waals surface area contributed by atoms with Crippen molar-refractivity contribution in [3.63, 3.8) is 0 Å². The molecule has 1 saturated heterocycles. The number of hydrogen-bond donors (Lipinski definition) is 2. The predicted octanol–water partition coefficient (Wildman–Crippen LogP) is 2.93. The van der Waals surface area contributed by atoms with E-state index in [1.165, 1.54) is 12.1 Å². The van der Waals surface area contributed by atoms with Gasteiger partial charge in [0.05, 0.1) is 26.5 Å². The third-order valence-electron chi connectivity index (χ3n) is 5.55. The van der Waals surface area contributed by atoms with Crippen molar-refractivity contribution in [3.8, 4) is 11.5 Å².